The Balaban J connectivity index is 2.64. The summed E-state index contributed by atoms with van der Waals surface area (Å²) in [5.74, 6) is 0. The molecule has 0 saturated carbocycles. The van der Waals surface area contributed by atoms with E-state index in [1.165, 1.54) is 24.0 Å². The predicted octanol–water partition coefficient (Wildman–Crippen LogP) is 3.97. The lowest BCUT2D eigenvalue weighted by molar-refractivity contribution is 0.332. The van der Waals surface area contributed by atoms with E-state index in [0.29, 0.717) is 5.70 Å². The minimum atomic E-state index is 0.246. The van der Waals surface area contributed by atoms with Crippen LogP contribution in [0.1, 0.15) is 57.2 Å². The maximum atomic E-state index is 5.81. The maximum absolute atomic E-state index is 5.81. The summed E-state index contributed by atoms with van der Waals surface area (Å²) < 4.78 is 0. The van der Waals surface area contributed by atoms with Gasteiger partial charge in [0.2, 0.25) is 0 Å². The van der Waals surface area contributed by atoms with Crippen LogP contribution in [0.4, 0.5) is 0 Å². The maximum Gasteiger partial charge on any atom is 0.0314 e. The molecule has 0 aromatic heterocycles. The van der Waals surface area contributed by atoms with Crippen molar-refractivity contribution in [3.8, 4) is 0 Å². The van der Waals surface area contributed by atoms with Crippen molar-refractivity contribution < 1.29 is 0 Å². The third-order valence-corrected chi connectivity index (χ3v) is 4.22. The molecule has 0 bridgehead atoms. The number of fused-ring (bicyclic) bond motifs is 1. The number of benzene rings is 1. The van der Waals surface area contributed by atoms with Gasteiger partial charge in [-0.25, -0.2) is 0 Å². The van der Waals surface area contributed by atoms with E-state index in [9.17, 15) is 0 Å². The molecule has 1 aromatic rings. The Morgan fingerprint density at radius 3 is 2.12 bits per heavy atom. The first-order valence-corrected chi connectivity index (χ1v) is 6.34. The predicted molar refractivity (Wildman–Crippen MR) is 74.9 cm³/mol. The first kappa shape index (κ1) is 12.2. The summed E-state index contributed by atoms with van der Waals surface area (Å²) in [6.45, 7) is 13.1. The van der Waals surface area contributed by atoms with Crippen LogP contribution in [0, 0.1) is 0 Å². The lowest BCUT2D eigenvalue weighted by Gasteiger charge is -2.42. The molecule has 0 heterocycles. The molecule has 1 aliphatic rings. The molecule has 1 aromatic carbocycles. The highest BCUT2D eigenvalue weighted by Crippen LogP contribution is 2.46. The standard InChI is InChI=1S/C16H23N/c1-11(17)12-6-7-13-14(10-12)16(4,5)9-8-15(13,2)3/h6-7,10H,1,8-9,17H2,2-5H3. The van der Waals surface area contributed by atoms with Crippen LogP contribution in [-0.4, -0.2) is 0 Å². The van der Waals surface area contributed by atoms with Crippen molar-refractivity contribution in [3.05, 3.63) is 41.5 Å². The molecule has 1 heteroatoms. The van der Waals surface area contributed by atoms with E-state index in [1.54, 1.807) is 0 Å². The molecule has 1 aliphatic carbocycles. The van der Waals surface area contributed by atoms with E-state index in [1.807, 2.05) is 0 Å². The highest BCUT2D eigenvalue weighted by atomic mass is 14.6. The molecule has 0 amide bonds. The molecule has 0 radical (unpaired) electrons. The van der Waals surface area contributed by atoms with Crippen molar-refractivity contribution in [2.24, 2.45) is 5.73 Å². The summed E-state index contributed by atoms with van der Waals surface area (Å²) >= 11 is 0. The summed E-state index contributed by atoms with van der Waals surface area (Å²) in [5, 5.41) is 0. The minimum Gasteiger partial charge on any atom is -0.399 e. The van der Waals surface area contributed by atoms with Gasteiger partial charge in [-0.3, -0.25) is 0 Å². The molecular formula is C16H23N. The molecular weight excluding hydrogens is 206 g/mol. The van der Waals surface area contributed by atoms with Gasteiger partial charge in [0.25, 0.3) is 0 Å². The molecule has 2 N–H and O–H groups in total. The summed E-state index contributed by atoms with van der Waals surface area (Å²) in [5.41, 5.74) is 11.0. The van der Waals surface area contributed by atoms with Crippen LogP contribution in [-0.2, 0) is 10.8 Å². The van der Waals surface area contributed by atoms with Crippen molar-refractivity contribution in [3.63, 3.8) is 0 Å². The average molecular weight is 229 g/mol. The van der Waals surface area contributed by atoms with Gasteiger partial charge in [-0.05, 0) is 46.4 Å². The summed E-state index contributed by atoms with van der Waals surface area (Å²) in [6.07, 6.45) is 2.48. The minimum absolute atomic E-state index is 0.246. The van der Waals surface area contributed by atoms with Crippen molar-refractivity contribution in [2.45, 2.75) is 51.4 Å². The fourth-order valence-electron chi connectivity index (χ4n) is 2.79. The van der Waals surface area contributed by atoms with E-state index in [0.717, 1.165) is 5.56 Å². The second-order valence-electron chi connectivity index (χ2n) is 6.55. The molecule has 0 aliphatic heterocycles. The van der Waals surface area contributed by atoms with Gasteiger partial charge in [-0.15, -0.1) is 0 Å². The lowest BCUT2D eigenvalue weighted by Crippen LogP contribution is -2.33. The normalized spacial score (nSPS) is 20.7. The first-order chi connectivity index (χ1) is 7.74. The van der Waals surface area contributed by atoms with Crippen molar-refractivity contribution >= 4 is 5.70 Å². The molecule has 0 fully saturated rings. The van der Waals surface area contributed by atoms with Crippen LogP contribution in [0.25, 0.3) is 5.70 Å². The quantitative estimate of drug-likeness (QED) is 0.775. The third kappa shape index (κ3) is 1.99. The molecule has 0 saturated heterocycles. The van der Waals surface area contributed by atoms with Crippen LogP contribution in [0.15, 0.2) is 24.8 Å². The second kappa shape index (κ2) is 3.63. The smallest absolute Gasteiger partial charge is 0.0314 e. The first-order valence-electron chi connectivity index (χ1n) is 6.34. The van der Waals surface area contributed by atoms with E-state index < -0.39 is 0 Å². The van der Waals surface area contributed by atoms with Gasteiger partial charge in [-0.2, -0.15) is 0 Å². The van der Waals surface area contributed by atoms with Crippen molar-refractivity contribution in [1.82, 2.24) is 0 Å². The highest BCUT2D eigenvalue weighted by molar-refractivity contribution is 5.63. The highest BCUT2D eigenvalue weighted by Gasteiger charge is 2.36. The SMILES string of the molecule is C=C(N)c1ccc2c(c1)C(C)(C)CCC2(C)C. The molecule has 1 nitrogen and oxygen atoms in total. The molecule has 0 unspecified atom stereocenters. The number of rotatable bonds is 1. The summed E-state index contributed by atoms with van der Waals surface area (Å²) in [7, 11) is 0. The van der Waals surface area contributed by atoms with E-state index >= 15 is 0 Å². The zero-order chi connectivity index (χ0) is 12.8. The Bertz CT molecular complexity index is 466. The Morgan fingerprint density at radius 2 is 1.59 bits per heavy atom. The second-order valence-corrected chi connectivity index (χ2v) is 6.55. The van der Waals surface area contributed by atoms with E-state index in [-0.39, 0.29) is 10.8 Å². The fraction of sp³-hybridized carbons (Fsp3) is 0.500. The van der Waals surface area contributed by atoms with Crippen LogP contribution < -0.4 is 5.73 Å². The van der Waals surface area contributed by atoms with Gasteiger partial charge in [-0.1, -0.05) is 46.4 Å². The van der Waals surface area contributed by atoms with Crippen LogP contribution >= 0.6 is 0 Å². The third-order valence-electron chi connectivity index (χ3n) is 4.22. The number of nitrogens with two attached hydrogens (primary N) is 1. The van der Waals surface area contributed by atoms with Crippen molar-refractivity contribution in [2.75, 3.05) is 0 Å². The van der Waals surface area contributed by atoms with Crippen LogP contribution in [0.5, 0.6) is 0 Å². The topological polar surface area (TPSA) is 26.0 Å². The zero-order valence-electron chi connectivity index (χ0n) is 11.4. The molecule has 0 spiro atoms. The van der Waals surface area contributed by atoms with Gasteiger partial charge in [0, 0.05) is 5.70 Å². The Morgan fingerprint density at radius 1 is 1.06 bits per heavy atom. The Hall–Kier alpha value is -1.24. The Labute approximate surface area is 105 Å². The summed E-state index contributed by atoms with van der Waals surface area (Å²) in [4.78, 5) is 0. The molecule has 2 rings (SSSR count). The Kier molecular flexibility index (Phi) is 2.61. The van der Waals surface area contributed by atoms with Crippen LogP contribution in [0.2, 0.25) is 0 Å². The number of hydrogen-bond donors (Lipinski definition) is 1. The van der Waals surface area contributed by atoms with Crippen molar-refractivity contribution in [1.29, 1.82) is 0 Å². The molecule has 92 valence electrons. The van der Waals surface area contributed by atoms with Gasteiger partial charge >= 0.3 is 0 Å². The van der Waals surface area contributed by atoms with E-state index in [4.69, 9.17) is 5.73 Å². The fourth-order valence-corrected chi connectivity index (χ4v) is 2.79. The van der Waals surface area contributed by atoms with Crippen LogP contribution in [0.3, 0.4) is 0 Å². The molecule has 0 atom stereocenters. The van der Waals surface area contributed by atoms with Gasteiger partial charge in [0.05, 0.1) is 0 Å². The molecule has 17 heavy (non-hydrogen) atoms. The zero-order valence-corrected chi connectivity index (χ0v) is 11.4. The van der Waals surface area contributed by atoms with Gasteiger partial charge in [0.1, 0.15) is 0 Å². The largest absolute Gasteiger partial charge is 0.399 e. The van der Waals surface area contributed by atoms with Gasteiger partial charge < -0.3 is 5.73 Å². The summed E-state index contributed by atoms with van der Waals surface area (Å²) in [6, 6.07) is 6.58. The monoisotopic (exact) mass is 229 g/mol. The number of hydrogen-bond acceptors (Lipinski definition) is 1. The average Bonchev–Trinajstić information content (AvgIpc) is 2.24. The lowest BCUT2D eigenvalue weighted by atomic mass is 9.63. The van der Waals surface area contributed by atoms with Gasteiger partial charge in [0.15, 0.2) is 0 Å². The van der Waals surface area contributed by atoms with E-state index in [2.05, 4.69) is 52.5 Å².